The molecule has 1 atom stereocenters. The molecule has 0 fully saturated rings. The average Bonchev–Trinajstić information content (AvgIpc) is 2.62. The Morgan fingerprint density at radius 1 is 1.67 bits per heavy atom. The Hall–Kier alpha value is -1.36. The Kier molecular flexibility index (Phi) is 3.85. The Bertz CT molecular complexity index is 333. The van der Waals surface area contributed by atoms with Crippen LogP contribution in [0.5, 0.6) is 0 Å². The van der Waals surface area contributed by atoms with Gasteiger partial charge in [0.25, 0.3) is 0 Å². The molecule has 0 radical (unpaired) electrons. The summed E-state index contributed by atoms with van der Waals surface area (Å²) in [6, 6.07) is 0.217. The van der Waals surface area contributed by atoms with Gasteiger partial charge in [-0.2, -0.15) is 5.10 Å². The van der Waals surface area contributed by atoms with Gasteiger partial charge in [0.15, 0.2) is 6.10 Å². The van der Waals surface area contributed by atoms with E-state index in [0.29, 0.717) is 12.2 Å². The lowest BCUT2D eigenvalue weighted by atomic mass is 10.2. The molecule has 0 aliphatic rings. The Morgan fingerprint density at radius 2 is 2.33 bits per heavy atom. The summed E-state index contributed by atoms with van der Waals surface area (Å²) in [5.74, 6) is -0.986. The average molecular weight is 212 g/mol. The molecule has 0 aliphatic heterocycles. The van der Waals surface area contributed by atoms with Crippen molar-refractivity contribution in [2.75, 3.05) is 6.61 Å². The van der Waals surface area contributed by atoms with Gasteiger partial charge in [0.2, 0.25) is 0 Å². The van der Waals surface area contributed by atoms with Crippen LogP contribution in [0, 0.1) is 0 Å². The molecule has 1 N–H and O–H groups in total. The fraction of sp³-hybridized carbons (Fsp3) is 0.600. The molecule has 5 heteroatoms. The summed E-state index contributed by atoms with van der Waals surface area (Å²) in [6.07, 6.45) is 2.33. The molecule has 1 heterocycles. The number of hydrogen-bond donors (Lipinski definition) is 1. The molecule has 1 unspecified atom stereocenters. The SMILES string of the molecule is CCOC(C(=O)O)c1cnn(C(C)C)c1. The number of nitrogens with zero attached hydrogens (tertiary/aromatic N) is 2. The van der Waals surface area contributed by atoms with E-state index < -0.39 is 12.1 Å². The van der Waals surface area contributed by atoms with Crippen LogP contribution < -0.4 is 0 Å². The molecular weight excluding hydrogens is 196 g/mol. The number of aromatic nitrogens is 2. The van der Waals surface area contributed by atoms with E-state index in [4.69, 9.17) is 9.84 Å². The minimum atomic E-state index is -0.986. The van der Waals surface area contributed by atoms with Gasteiger partial charge in [-0.3, -0.25) is 4.68 Å². The first-order chi connectivity index (χ1) is 7.06. The second-order valence-electron chi connectivity index (χ2n) is 3.52. The summed E-state index contributed by atoms with van der Waals surface area (Å²) in [4.78, 5) is 10.9. The van der Waals surface area contributed by atoms with Crippen LogP contribution in [0.25, 0.3) is 0 Å². The maximum atomic E-state index is 10.9. The third kappa shape index (κ3) is 2.79. The lowest BCUT2D eigenvalue weighted by Crippen LogP contribution is -2.14. The van der Waals surface area contributed by atoms with Gasteiger partial charge < -0.3 is 9.84 Å². The molecule has 84 valence electrons. The summed E-state index contributed by atoms with van der Waals surface area (Å²) in [5.41, 5.74) is 0.582. The largest absolute Gasteiger partial charge is 0.479 e. The number of carbonyl (C=O) groups is 1. The van der Waals surface area contributed by atoms with Gasteiger partial charge in [-0.25, -0.2) is 4.79 Å². The van der Waals surface area contributed by atoms with Crippen molar-refractivity contribution in [2.24, 2.45) is 0 Å². The summed E-state index contributed by atoms with van der Waals surface area (Å²) >= 11 is 0. The van der Waals surface area contributed by atoms with E-state index in [1.807, 2.05) is 13.8 Å². The van der Waals surface area contributed by atoms with Crippen molar-refractivity contribution < 1.29 is 14.6 Å². The van der Waals surface area contributed by atoms with Crippen molar-refractivity contribution >= 4 is 5.97 Å². The van der Waals surface area contributed by atoms with Gasteiger partial charge in [-0.1, -0.05) is 0 Å². The van der Waals surface area contributed by atoms with Gasteiger partial charge >= 0.3 is 5.97 Å². The molecule has 1 rings (SSSR count). The lowest BCUT2D eigenvalue weighted by molar-refractivity contribution is -0.150. The van der Waals surface area contributed by atoms with E-state index >= 15 is 0 Å². The van der Waals surface area contributed by atoms with E-state index in [9.17, 15) is 4.79 Å². The smallest absolute Gasteiger partial charge is 0.337 e. The highest BCUT2D eigenvalue weighted by molar-refractivity contribution is 5.74. The Labute approximate surface area is 88.7 Å². The van der Waals surface area contributed by atoms with E-state index in [1.165, 1.54) is 6.20 Å². The molecule has 0 saturated carbocycles. The maximum absolute atomic E-state index is 10.9. The summed E-state index contributed by atoms with van der Waals surface area (Å²) in [7, 11) is 0. The fourth-order valence-corrected chi connectivity index (χ4v) is 1.25. The first kappa shape index (κ1) is 11.7. The molecule has 1 aromatic heterocycles. The molecular formula is C10H16N2O3. The Balaban J connectivity index is 2.86. The van der Waals surface area contributed by atoms with Crippen molar-refractivity contribution in [3.63, 3.8) is 0 Å². The normalized spacial score (nSPS) is 13.1. The molecule has 15 heavy (non-hydrogen) atoms. The molecule has 0 spiro atoms. The third-order valence-electron chi connectivity index (χ3n) is 2.01. The van der Waals surface area contributed by atoms with Gasteiger partial charge in [-0.05, 0) is 20.8 Å². The van der Waals surface area contributed by atoms with Crippen LogP contribution in [0.4, 0.5) is 0 Å². The maximum Gasteiger partial charge on any atom is 0.337 e. The second kappa shape index (κ2) is 4.93. The summed E-state index contributed by atoms with van der Waals surface area (Å²) < 4.78 is 6.84. The number of hydrogen-bond acceptors (Lipinski definition) is 3. The van der Waals surface area contributed by atoms with Crippen LogP contribution in [0.15, 0.2) is 12.4 Å². The predicted octanol–water partition coefficient (Wildman–Crippen LogP) is 1.63. The van der Waals surface area contributed by atoms with Gasteiger partial charge in [0.1, 0.15) is 0 Å². The number of carboxylic acids is 1. The van der Waals surface area contributed by atoms with E-state index in [2.05, 4.69) is 5.10 Å². The molecule has 5 nitrogen and oxygen atoms in total. The van der Waals surface area contributed by atoms with Gasteiger partial charge in [-0.15, -0.1) is 0 Å². The van der Waals surface area contributed by atoms with Crippen LogP contribution >= 0.6 is 0 Å². The van der Waals surface area contributed by atoms with Gasteiger partial charge in [0, 0.05) is 24.4 Å². The van der Waals surface area contributed by atoms with Crippen molar-refractivity contribution in [3.05, 3.63) is 18.0 Å². The van der Waals surface area contributed by atoms with Crippen LogP contribution in [0.1, 0.15) is 38.5 Å². The van der Waals surface area contributed by atoms with Crippen LogP contribution in [0.2, 0.25) is 0 Å². The van der Waals surface area contributed by atoms with Gasteiger partial charge in [0.05, 0.1) is 6.20 Å². The van der Waals surface area contributed by atoms with E-state index in [0.717, 1.165) is 0 Å². The number of carboxylic acid groups (broad SMARTS) is 1. The predicted molar refractivity (Wildman–Crippen MR) is 54.6 cm³/mol. The number of aliphatic carboxylic acids is 1. The molecule has 0 amide bonds. The van der Waals surface area contributed by atoms with Crippen molar-refractivity contribution in [1.29, 1.82) is 0 Å². The van der Waals surface area contributed by atoms with Crippen LogP contribution in [-0.2, 0) is 9.53 Å². The molecule has 0 aromatic carbocycles. The Morgan fingerprint density at radius 3 is 2.73 bits per heavy atom. The third-order valence-corrected chi connectivity index (χ3v) is 2.01. The zero-order chi connectivity index (χ0) is 11.4. The summed E-state index contributed by atoms with van der Waals surface area (Å²) in [5, 5.41) is 13.0. The minimum absolute atomic E-state index is 0.217. The topological polar surface area (TPSA) is 64.3 Å². The lowest BCUT2D eigenvalue weighted by Gasteiger charge is -2.09. The minimum Gasteiger partial charge on any atom is -0.479 e. The fourth-order valence-electron chi connectivity index (χ4n) is 1.25. The van der Waals surface area contributed by atoms with E-state index in [-0.39, 0.29) is 6.04 Å². The summed E-state index contributed by atoms with van der Waals surface area (Å²) in [6.45, 7) is 6.09. The zero-order valence-electron chi connectivity index (χ0n) is 9.17. The van der Waals surface area contributed by atoms with Crippen LogP contribution in [0.3, 0.4) is 0 Å². The molecule has 0 bridgehead atoms. The van der Waals surface area contributed by atoms with Crippen molar-refractivity contribution in [3.8, 4) is 0 Å². The van der Waals surface area contributed by atoms with E-state index in [1.54, 1.807) is 17.8 Å². The first-order valence-electron chi connectivity index (χ1n) is 4.94. The molecule has 0 aliphatic carbocycles. The highest BCUT2D eigenvalue weighted by Crippen LogP contribution is 2.18. The highest BCUT2D eigenvalue weighted by atomic mass is 16.5. The monoisotopic (exact) mass is 212 g/mol. The molecule has 0 saturated heterocycles. The second-order valence-corrected chi connectivity index (χ2v) is 3.52. The standard InChI is InChI=1S/C10H16N2O3/c1-4-15-9(10(13)14)8-5-11-12(6-8)7(2)3/h5-7,9H,4H2,1-3H3,(H,13,14). The van der Waals surface area contributed by atoms with Crippen LogP contribution in [-0.4, -0.2) is 27.5 Å². The highest BCUT2D eigenvalue weighted by Gasteiger charge is 2.21. The molecule has 1 aromatic rings. The first-order valence-corrected chi connectivity index (χ1v) is 4.94. The number of rotatable bonds is 5. The van der Waals surface area contributed by atoms with Crippen molar-refractivity contribution in [2.45, 2.75) is 32.9 Å². The van der Waals surface area contributed by atoms with Crippen molar-refractivity contribution in [1.82, 2.24) is 9.78 Å². The number of ether oxygens (including phenoxy) is 1. The quantitative estimate of drug-likeness (QED) is 0.805. The zero-order valence-corrected chi connectivity index (χ0v) is 9.17.